The number of rotatable bonds is 7. The molecule has 2 aromatic rings. The molecule has 0 spiro atoms. The number of hydrogen-bond acceptors (Lipinski definition) is 5. The van der Waals surface area contributed by atoms with Gasteiger partial charge in [-0.05, 0) is 43.5 Å². The standard InChI is InChI=1S/C23H23NO5/c1-14(25)17-7-9-18(10-8-17)21-20(15(2)26)22(27)23(28)24(21)12-11-16-5-4-6-19(13-16)29-3/h4-10,13,21,27H,11-12H2,1-3H3. The van der Waals surface area contributed by atoms with E-state index in [-0.39, 0.29) is 17.1 Å². The first kappa shape index (κ1) is 20.3. The van der Waals surface area contributed by atoms with Crippen molar-refractivity contribution in [1.29, 1.82) is 0 Å². The fraction of sp³-hybridized carbons (Fsp3) is 0.261. The molecule has 0 bridgehead atoms. The summed E-state index contributed by atoms with van der Waals surface area (Å²) >= 11 is 0. The second kappa shape index (κ2) is 8.31. The molecule has 0 aliphatic carbocycles. The molecule has 6 nitrogen and oxygen atoms in total. The second-order valence-corrected chi connectivity index (χ2v) is 7.00. The smallest absolute Gasteiger partial charge is 0.290 e. The van der Waals surface area contributed by atoms with Crippen LogP contribution >= 0.6 is 0 Å². The van der Waals surface area contributed by atoms with Gasteiger partial charge in [-0.3, -0.25) is 14.4 Å². The van der Waals surface area contributed by atoms with Crippen LogP contribution < -0.4 is 4.74 Å². The minimum atomic E-state index is -0.688. The van der Waals surface area contributed by atoms with E-state index < -0.39 is 17.7 Å². The molecule has 1 aliphatic rings. The Morgan fingerprint density at radius 1 is 1.07 bits per heavy atom. The summed E-state index contributed by atoms with van der Waals surface area (Å²) in [6, 6.07) is 13.6. The quantitative estimate of drug-likeness (QED) is 0.729. The van der Waals surface area contributed by atoms with E-state index in [1.165, 1.54) is 18.7 Å². The van der Waals surface area contributed by atoms with Gasteiger partial charge >= 0.3 is 0 Å². The van der Waals surface area contributed by atoms with Crippen LogP contribution in [0.25, 0.3) is 0 Å². The van der Waals surface area contributed by atoms with Crippen molar-refractivity contribution in [3.8, 4) is 5.75 Å². The summed E-state index contributed by atoms with van der Waals surface area (Å²) in [6.07, 6.45) is 0.531. The lowest BCUT2D eigenvalue weighted by Crippen LogP contribution is -2.33. The molecule has 1 heterocycles. The Hall–Kier alpha value is -3.41. The first-order valence-electron chi connectivity index (χ1n) is 9.32. The largest absolute Gasteiger partial charge is 0.503 e. The van der Waals surface area contributed by atoms with Crippen molar-refractivity contribution in [3.63, 3.8) is 0 Å². The fourth-order valence-electron chi connectivity index (χ4n) is 3.57. The SMILES string of the molecule is COc1cccc(CCN2C(=O)C(O)=C(C(C)=O)C2c2ccc(C(C)=O)cc2)c1. The molecule has 1 amide bonds. The molecule has 2 aromatic carbocycles. The molecule has 6 heteroatoms. The number of ether oxygens (including phenoxy) is 1. The van der Waals surface area contributed by atoms with Crippen LogP contribution in [0.5, 0.6) is 5.75 Å². The van der Waals surface area contributed by atoms with Gasteiger partial charge in [-0.2, -0.15) is 0 Å². The third-order valence-electron chi connectivity index (χ3n) is 5.09. The van der Waals surface area contributed by atoms with Gasteiger partial charge in [0.1, 0.15) is 5.75 Å². The lowest BCUT2D eigenvalue weighted by molar-refractivity contribution is -0.129. The summed E-state index contributed by atoms with van der Waals surface area (Å²) < 4.78 is 5.23. The Balaban J connectivity index is 1.92. The number of Topliss-reactive ketones (excluding diaryl/α,β-unsaturated/α-hetero) is 2. The van der Waals surface area contributed by atoms with Crippen LogP contribution in [-0.2, 0) is 16.0 Å². The number of amides is 1. The van der Waals surface area contributed by atoms with Crippen LogP contribution in [0.3, 0.4) is 0 Å². The number of hydrogen-bond donors (Lipinski definition) is 1. The van der Waals surface area contributed by atoms with Crippen molar-refractivity contribution in [1.82, 2.24) is 4.90 Å². The van der Waals surface area contributed by atoms with Crippen molar-refractivity contribution < 1.29 is 24.2 Å². The summed E-state index contributed by atoms with van der Waals surface area (Å²) in [6.45, 7) is 3.12. The van der Waals surface area contributed by atoms with Gasteiger partial charge in [-0.25, -0.2) is 0 Å². The maximum atomic E-state index is 12.7. The van der Waals surface area contributed by atoms with Gasteiger partial charge in [-0.1, -0.05) is 36.4 Å². The molecule has 0 saturated heterocycles. The second-order valence-electron chi connectivity index (χ2n) is 7.00. The minimum Gasteiger partial charge on any atom is -0.503 e. The molecule has 1 unspecified atom stereocenters. The Labute approximate surface area is 169 Å². The van der Waals surface area contributed by atoms with Gasteiger partial charge in [0.05, 0.1) is 18.7 Å². The molecular formula is C23H23NO5. The highest BCUT2D eigenvalue weighted by molar-refractivity contribution is 6.08. The molecule has 150 valence electrons. The van der Waals surface area contributed by atoms with E-state index in [0.717, 1.165) is 11.3 Å². The molecule has 1 aliphatic heterocycles. The van der Waals surface area contributed by atoms with E-state index in [0.29, 0.717) is 24.1 Å². The number of carbonyl (C=O) groups is 3. The number of benzene rings is 2. The van der Waals surface area contributed by atoms with E-state index in [2.05, 4.69) is 0 Å². The van der Waals surface area contributed by atoms with Crippen LogP contribution in [0, 0.1) is 0 Å². The molecule has 1 N–H and O–H groups in total. The number of methoxy groups -OCH3 is 1. The third kappa shape index (κ3) is 4.06. The Bertz CT molecular complexity index is 991. The molecular weight excluding hydrogens is 370 g/mol. The number of nitrogens with zero attached hydrogens (tertiary/aromatic N) is 1. The highest BCUT2D eigenvalue weighted by Gasteiger charge is 2.42. The summed E-state index contributed by atoms with van der Waals surface area (Å²) in [4.78, 5) is 38.0. The first-order chi connectivity index (χ1) is 13.8. The van der Waals surface area contributed by atoms with Crippen molar-refractivity contribution in [2.24, 2.45) is 0 Å². The van der Waals surface area contributed by atoms with E-state index >= 15 is 0 Å². The maximum Gasteiger partial charge on any atom is 0.290 e. The highest BCUT2D eigenvalue weighted by Crippen LogP contribution is 2.37. The lowest BCUT2D eigenvalue weighted by atomic mass is 9.95. The molecule has 0 fully saturated rings. The maximum absolute atomic E-state index is 12.7. The molecule has 0 saturated carbocycles. The van der Waals surface area contributed by atoms with Gasteiger partial charge in [-0.15, -0.1) is 0 Å². The molecule has 3 rings (SSSR count). The predicted octanol–water partition coefficient (Wildman–Crippen LogP) is 3.42. The fourth-order valence-corrected chi connectivity index (χ4v) is 3.57. The van der Waals surface area contributed by atoms with Crippen LogP contribution in [-0.4, -0.2) is 41.1 Å². The van der Waals surface area contributed by atoms with Gasteiger partial charge in [0.15, 0.2) is 17.3 Å². The van der Waals surface area contributed by atoms with Crippen molar-refractivity contribution in [3.05, 3.63) is 76.6 Å². The molecule has 29 heavy (non-hydrogen) atoms. The summed E-state index contributed by atoms with van der Waals surface area (Å²) in [7, 11) is 1.59. The van der Waals surface area contributed by atoms with E-state index in [1.807, 2.05) is 24.3 Å². The van der Waals surface area contributed by atoms with Crippen molar-refractivity contribution in [2.45, 2.75) is 26.3 Å². The zero-order valence-corrected chi connectivity index (χ0v) is 16.6. The van der Waals surface area contributed by atoms with E-state index in [9.17, 15) is 19.5 Å². The molecule has 0 aromatic heterocycles. The number of aliphatic hydroxyl groups is 1. The Kier molecular flexibility index (Phi) is 5.82. The predicted molar refractivity (Wildman–Crippen MR) is 108 cm³/mol. The summed E-state index contributed by atoms with van der Waals surface area (Å²) in [5.74, 6) is -0.793. The van der Waals surface area contributed by atoms with E-state index in [1.54, 1.807) is 31.4 Å². The topological polar surface area (TPSA) is 83.9 Å². The Morgan fingerprint density at radius 3 is 2.34 bits per heavy atom. The van der Waals surface area contributed by atoms with Gasteiger partial charge in [0.25, 0.3) is 5.91 Å². The van der Waals surface area contributed by atoms with Gasteiger partial charge in [0.2, 0.25) is 0 Å². The van der Waals surface area contributed by atoms with Crippen LogP contribution in [0.1, 0.15) is 41.4 Å². The number of carbonyl (C=O) groups excluding carboxylic acids is 3. The summed E-state index contributed by atoms with van der Waals surface area (Å²) in [5, 5.41) is 10.3. The average molecular weight is 393 g/mol. The van der Waals surface area contributed by atoms with E-state index in [4.69, 9.17) is 4.74 Å². The summed E-state index contributed by atoms with van der Waals surface area (Å²) in [5.41, 5.74) is 2.26. The minimum absolute atomic E-state index is 0.0703. The number of aliphatic hydroxyl groups excluding tert-OH is 1. The van der Waals surface area contributed by atoms with Crippen molar-refractivity contribution in [2.75, 3.05) is 13.7 Å². The molecule has 1 atom stereocenters. The van der Waals surface area contributed by atoms with Gasteiger partial charge < -0.3 is 14.7 Å². The van der Waals surface area contributed by atoms with Crippen LogP contribution in [0.15, 0.2) is 59.9 Å². The van der Waals surface area contributed by atoms with Crippen molar-refractivity contribution >= 4 is 17.5 Å². The zero-order chi connectivity index (χ0) is 21.1. The third-order valence-corrected chi connectivity index (χ3v) is 5.09. The zero-order valence-electron chi connectivity index (χ0n) is 16.6. The Morgan fingerprint density at radius 2 is 1.76 bits per heavy atom. The highest BCUT2D eigenvalue weighted by atomic mass is 16.5. The monoisotopic (exact) mass is 393 g/mol. The molecule has 0 radical (unpaired) electrons. The van der Waals surface area contributed by atoms with Crippen LogP contribution in [0.4, 0.5) is 0 Å². The normalized spacial score (nSPS) is 16.3. The number of ketones is 2. The lowest BCUT2D eigenvalue weighted by Gasteiger charge is -2.27. The average Bonchev–Trinajstić information content (AvgIpc) is 2.97. The first-order valence-corrected chi connectivity index (χ1v) is 9.32. The van der Waals surface area contributed by atoms with Crippen LogP contribution in [0.2, 0.25) is 0 Å². The van der Waals surface area contributed by atoms with Gasteiger partial charge in [0, 0.05) is 12.1 Å².